The van der Waals surface area contributed by atoms with Gasteiger partial charge in [-0.1, -0.05) is 42.5 Å². The standard InChI is InChI=1S/C11H13N3S.C6H11N3/c1-2-10-8-14(13-12-10)9-15-11-6-4-3-5-7-11;1-3-6-5-9(4-2)8-7-6/h3-8H,2,9H2,1H3;5H,3-4H2,1-2H3. The smallest absolute Gasteiger partial charge is 0.0927 e. The molecule has 128 valence electrons. The summed E-state index contributed by atoms with van der Waals surface area (Å²) in [5.41, 5.74) is 2.11. The van der Waals surface area contributed by atoms with Crippen molar-refractivity contribution in [2.24, 2.45) is 0 Å². The third-order valence-corrected chi connectivity index (χ3v) is 4.33. The second-order valence-electron chi connectivity index (χ2n) is 5.11. The first-order valence-corrected chi connectivity index (χ1v) is 9.19. The van der Waals surface area contributed by atoms with Gasteiger partial charge in [-0.2, -0.15) is 0 Å². The van der Waals surface area contributed by atoms with Gasteiger partial charge in [0.15, 0.2) is 0 Å². The van der Waals surface area contributed by atoms with Gasteiger partial charge in [-0.3, -0.25) is 4.68 Å². The maximum atomic E-state index is 4.05. The van der Waals surface area contributed by atoms with Crippen LogP contribution in [0.1, 0.15) is 32.2 Å². The Labute approximate surface area is 147 Å². The maximum absolute atomic E-state index is 4.05. The molecule has 2 heterocycles. The Balaban J connectivity index is 0.000000198. The van der Waals surface area contributed by atoms with Crippen LogP contribution in [-0.2, 0) is 25.3 Å². The van der Waals surface area contributed by atoms with E-state index >= 15 is 0 Å². The number of aryl methyl sites for hydroxylation is 3. The molecule has 0 unspecified atom stereocenters. The Morgan fingerprint density at radius 3 is 1.92 bits per heavy atom. The first kappa shape index (κ1) is 18.2. The SMILES string of the molecule is CCc1cn(CC)nn1.CCc1cn(CSc2ccccc2)nn1. The molecular formula is C17H24N6S. The highest BCUT2D eigenvalue weighted by molar-refractivity contribution is 7.98. The van der Waals surface area contributed by atoms with Gasteiger partial charge in [-0.05, 0) is 31.9 Å². The van der Waals surface area contributed by atoms with Crippen molar-refractivity contribution in [2.75, 3.05) is 0 Å². The van der Waals surface area contributed by atoms with Gasteiger partial charge in [-0.15, -0.1) is 22.0 Å². The van der Waals surface area contributed by atoms with Crippen LogP contribution < -0.4 is 0 Å². The highest BCUT2D eigenvalue weighted by atomic mass is 32.2. The first-order valence-electron chi connectivity index (χ1n) is 8.21. The Bertz CT molecular complexity index is 688. The van der Waals surface area contributed by atoms with E-state index < -0.39 is 0 Å². The van der Waals surface area contributed by atoms with Crippen LogP contribution in [0, 0.1) is 0 Å². The highest BCUT2D eigenvalue weighted by Gasteiger charge is 1.98. The van der Waals surface area contributed by atoms with Crippen molar-refractivity contribution in [3.63, 3.8) is 0 Å². The van der Waals surface area contributed by atoms with Crippen LogP contribution in [0.15, 0.2) is 47.6 Å². The van der Waals surface area contributed by atoms with Gasteiger partial charge in [0.05, 0.1) is 17.3 Å². The molecular weight excluding hydrogens is 320 g/mol. The molecule has 3 rings (SSSR count). The zero-order valence-electron chi connectivity index (χ0n) is 14.5. The van der Waals surface area contributed by atoms with Gasteiger partial charge >= 0.3 is 0 Å². The summed E-state index contributed by atoms with van der Waals surface area (Å²) in [6.07, 6.45) is 5.88. The molecule has 0 saturated heterocycles. The number of rotatable bonds is 6. The summed E-state index contributed by atoms with van der Waals surface area (Å²) in [6.45, 7) is 7.11. The van der Waals surface area contributed by atoms with Crippen molar-refractivity contribution < 1.29 is 0 Å². The lowest BCUT2D eigenvalue weighted by Crippen LogP contribution is -1.94. The molecule has 0 bridgehead atoms. The number of thioether (sulfide) groups is 1. The molecule has 0 fully saturated rings. The molecule has 0 aliphatic heterocycles. The second-order valence-corrected chi connectivity index (χ2v) is 6.13. The fraction of sp³-hybridized carbons (Fsp3) is 0.412. The third kappa shape index (κ3) is 5.81. The van der Waals surface area contributed by atoms with Crippen LogP contribution in [0.3, 0.4) is 0 Å². The van der Waals surface area contributed by atoms with Crippen molar-refractivity contribution in [1.29, 1.82) is 0 Å². The molecule has 0 spiro atoms. The molecule has 6 nitrogen and oxygen atoms in total. The molecule has 24 heavy (non-hydrogen) atoms. The molecule has 0 aliphatic rings. The Kier molecular flexibility index (Phi) is 7.48. The van der Waals surface area contributed by atoms with Crippen LogP contribution in [0.5, 0.6) is 0 Å². The maximum Gasteiger partial charge on any atom is 0.0927 e. The Hall–Kier alpha value is -2.15. The van der Waals surface area contributed by atoms with Crippen molar-refractivity contribution >= 4 is 11.8 Å². The molecule has 1 aromatic carbocycles. The van der Waals surface area contributed by atoms with E-state index in [-0.39, 0.29) is 0 Å². The van der Waals surface area contributed by atoms with Crippen LogP contribution in [0.4, 0.5) is 0 Å². The fourth-order valence-electron chi connectivity index (χ4n) is 1.88. The van der Waals surface area contributed by atoms with E-state index in [4.69, 9.17) is 0 Å². The second kappa shape index (κ2) is 9.87. The van der Waals surface area contributed by atoms with Crippen molar-refractivity contribution in [3.05, 3.63) is 54.1 Å². The van der Waals surface area contributed by atoms with E-state index in [0.717, 1.165) is 36.7 Å². The summed E-state index contributed by atoms with van der Waals surface area (Å²) in [5.74, 6) is 0.816. The number of hydrogen-bond acceptors (Lipinski definition) is 5. The van der Waals surface area contributed by atoms with Crippen LogP contribution >= 0.6 is 11.8 Å². The number of nitrogens with zero attached hydrogens (tertiary/aromatic N) is 6. The first-order chi connectivity index (χ1) is 11.7. The predicted molar refractivity (Wildman–Crippen MR) is 96.8 cm³/mol. The van der Waals surface area contributed by atoms with E-state index in [1.54, 1.807) is 11.8 Å². The normalized spacial score (nSPS) is 10.3. The van der Waals surface area contributed by atoms with Crippen LogP contribution in [-0.4, -0.2) is 30.0 Å². The molecule has 2 aromatic heterocycles. The van der Waals surface area contributed by atoms with Gasteiger partial charge < -0.3 is 0 Å². The summed E-state index contributed by atoms with van der Waals surface area (Å²) in [4.78, 5) is 1.26. The molecule has 0 amide bonds. The van der Waals surface area contributed by atoms with Crippen LogP contribution in [0.2, 0.25) is 0 Å². The molecule has 7 heteroatoms. The van der Waals surface area contributed by atoms with E-state index in [1.807, 2.05) is 46.9 Å². The van der Waals surface area contributed by atoms with Gasteiger partial charge in [-0.25, -0.2) is 4.68 Å². The number of benzene rings is 1. The van der Waals surface area contributed by atoms with E-state index in [9.17, 15) is 0 Å². The molecule has 0 N–H and O–H groups in total. The zero-order chi connectivity index (χ0) is 17.2. The van der Waals surface area contributed by atoms with Gasteiger partial charge in [0.2, 0.25) is 0 Å². The molecule has 0 radical (unpaired) electrons. The van der Waals surface area contributed by atoms with Gasteiger partial charge in [0.1, 0.15) is 0 Å². The summed E-state index contributed by atoms with van der Waals surface area (Å²) in [6, 6.07) is 10.3. The monoisotopic (exact) mass is 344 g/mol. The molecule has 0 atom stereocenters. The Morgan fingerprint density at radius 1 is 0.833 bits per heavy atom. The molecule has 0 aliphatic carbocycles. The summed E-state index contributed by atoms with van der Waals surface area (Å²) in [5, 5.41) is 15.9. The van der Waals surface area contributed by atoms with Crippen molar-refractivity contribution in [1.82, 2.24) is 30.0 Å². The minimum Gasteiger partial charge on any atom is -0.253 e. The molecule has 0 saturated carbocycles. The summed E-state index contributed by atoms with van der Waals surface area (Å²) in [7, 11) is 0. The number of hydrogen-bond donors (Lipinski definition) is 0. The third-order valence-electron chi connectivity index (χ3n) is 3.33. The lowest BCUT2D eigenvalue weighted by Gasteiger charge is -1.99. The predicted octanol–water partition coefficient (Wildman–Crippen LogP) is 3.45. The van der Waals surface area contributed by atoms with Gasteiger partial charge in [0.25, 0.3) is 0 Å². The van der Waals surface area contributed by atoms with E-state index in [1.165, 1.54) is 4.90 Å². The van der Waals surface area contributed by atoms with Gasteiger partial charge in [0, 0.05) is 23.8 Å². The topological polar surface area (TPSA) is 61.4 Å². The minimum absolute atomic E-state index is 0.816. The highest BCUT2D eigenvalue weighted by Crippen LogP contribution is 2.18. The van der Waals surface area contributed by atoms with E-state index in [2.05, 4.69) is 46.6 Å². The van der Waals surface area contributed by atoms with E-state index in [0.29, 0.717) is 0 Å². The average molecular weight is 344 g/mol. The largest absolute Gasteiger partial charge is 0.253 e. The Morgan fingerprint density at radius 2 is 1.42 bits per heavy atom. The zero-order valence-corrected chi connectivity index (χ0v) is 15.3. The minimum atomic E-state index is 0.816. The van der Waals surface area contributed by atoms with Crippen molar-refractivity contribution in [2.45, 2.75) is 50.9 Å². The quantitative estimate of drug-likeness (QED) is 0.641. The molecule has 3 aromatic rings. The van der Waals surface area contributed by atoms with Crippen LogP contribution in [0.25, 0.3) is 0 Å². The summed E-state index contributed by atoms with van der Waals surface area (Å²) >= 11 is 1.76. The average Bonchev–Trinajstić information content (AvgIpc) is 3.30. The summed E-state index contributed by atoms with van der Waals surface area (Å²) < 4.78 is 3.70. The van der Waals surface area contributed by atoms with Crippen molar-refractivity contribution in [3.8, 4) is 0 Å². The lowest BCUT2D eigenvalue weighted by atomic mass is 10.4. The lowest BCUT2D eigenvalue weighted by molar-refractivity contribution is 0.626. The fourth-order valence-corrected chi connectivity index (χ4v) is 2.63. The number of aromatic nitrogens is 6.